The molecule has 2 aromatic heterocycles. The van der Waals surface area contributed by atoms with Crippen molar-refractivity contribution in [1.29, 1.82) is 0 Å². The topological polar surface area (TPSA) is 128 Å². The molecular weight excluding hydrogens is 428 g/mol. The molecule has 0 fully saturated rings. The molecule has 0 bridgehead atoms. The average molecular weight is 446 g/mol. The zero-order valence-electron chi connectivity index (χ0n) is 17.4. The van der Waals surface area contributed by atoms with E-state index in [4.69, 9.17) is 13.9 Å². The second-order valence-electron chi connectivity index (χ2n) is 6.81. The van der Waals surface area contributed by atoms with Crippen LogP contribution < -0.4 is 15.5 Å². The first kappa shape index (κ1) is 21.6. The smallest absolute Gasteiger partial charge is 0.411 e. The molecule has 0 unspecified atom stereocenters. The number of pyridine rings is 1. The van der Waals surface area contributed by atoms with Crippen LogP contribution in [0, 0.1) is 0 Å². The van der Waals surface area contributed by atoms with E-state index in [1.54, 1.807) is 37.3 Å². The van der Waals surface area contributed by atoms with Crippen LogP contribution in [0.15, 0.2) is 76.2 Å². The summed E-state index contributed by atoms with van der Waals surface area (Å²) in [6.07, 6.45) is 2.04. The number of benzene rings is 2. The number of ether oxygens (including phenoxy) is 2. The van der Waals surface area contributed by atoms with Crippen LogP contribution >= 0.6 is 0 Å². The minimum Gasteiger partial charge on any atom is -0.504 e. The van der Waals surface area contributed by atoms with E-state index in [-0.39, 0.29) is 40.4 Å². The summed E-state index contributed by atoms with van der Waals surface area (Å²) in [5.74, 6) is -1.30. The van der Waals surface area contributed by atoms with E-state index in [2.05, 4.69) is 10.3 Å². The summed E-state index contributed by atoms with van der Waals surface area (Å²) in [5.41, 5.74) is 0.471. The van der Waals surface area contributed by atoms with E-state index in [9.17, 15) is 19.5 Å². The van der Waals surface area contributed by atoms with Crippen molar-refractivity contribution in [1.82, 2.24) is 4.98 Å². The molecule has 0 aliphatic rings. The number of esters is 1. The number of nitrogens with zero attached hydrogens (tertiary/aromatic N) is 1. The molecule has 0 atom stereocenters. The van der Waals surface area contributed by atoms with Gasteiger partial charge in [-0.1, -0.05) is 12.1 Å². The molecule has 9 nitrogen and oxygen atoms in total. The summed E-state index contributed by atoms with van der Waals surface area (Å²) in [6, 6.07) is 13.5. The quantitative estimate of drug-likeness (QED) is 0.263. The van der Waals surface area contributed by atoms with Crippen LogP contribution in [0.5, 0.6) is 11.5 Å². The maximum absolute atomic E-state index is 12.6. The Balaban J connectivity index is 1.79. The number of hydrogen-bond donors (Lipinski definition) is 2. The number of anilines is 1. The molecule has 33 heavy (non-hydrogen) atoms. The molecule has 4 rings (SSSR count). The van der Waals surface area contributed by atoms with Crippen molar-refractivity contribution in [3.63, 3.8) is 0 Å². The first-order chi connectivity index (χ1) is 16.0. The van der Waals surface area contributed by atoms with Gasteiger partial charge in [0.1, 0.15) is 11.3 Å². The molecule has 4 aromatic rings. The number of nitrogens with one attached hydrogen (secondary N) is 1. The maximum atomic E-state index is 12.6. The molecule has 9 heteroatoms. The van der Waals surface area contributed by atoms with Crippen LogP contribution in [0.1, 0.15) is 17.3 Å². The fraction of sp³-hybridized carbons (Fsp3) is 0.0833. The third-order valence-electron chi connectivity index (χ3n) is 4.61. The molecule has 2 N–H and O–H groups in total. The lowest BCUT2D eigenvalue weighted by atomic mass is 10.1. The van der Waals surface area contributed by atoms with E-state index in [0.717, 1.165) is 0 Å². The number of phenolic OH excluding ortho intramolecular Hbond substituents is 1. The Hall–Kier alpha value is -4.66. The van der Waals surface area contributed by atoms with Crippen LogP contribution in [0.3, 0.4) is 0 Å². The van der Waals surface area contributed by atoms with E-state index in [0.29, 0.717) is 11.0 Å². The zero-order valence-corrected chi connectivity index (χ0v) is 17.4. The molecule has 0 spiro atoms. The third kappa shape index (κ3) is 4.67. The predicted octanol–water partition coefficient (Wildman–Crippen LogP) is 4.35. The number of amides is 1. The molecule has 2 aromatic carbocycles. The van der Waals surface area contributed by atoms with E-state index in [1.807, 2.05) is 0 Å². The van der Waals surface area contributed by atoms with E-state index >= 15 is 0 Å². The van der Waals surface area contributed by atoms with Crippen molar-refractivity contribution < 1.29 is 28.6 Å². The molecule has 2 heterocycles. The Kier molecular flexibility index (Phi) is 6.03. The minimum atomic E-state index is -0.780. The zero-order chi connectivity index (χ0) is 23.4. The van der Waals surface area contributed by atoms with Crippen LogP contribution in [0.2, 0.25) is 0 Å². The van der Waals surface area contributed by atoms with E-state index in [1.165, 1.54) is 36.7 Å². The summed E-state index contributed by atoms with van der Waals surface area (Å²) >= 11 is 0. The Morgan fingerprint density at radius 1 is 1.12 bits per heavy atom. The van der Waals surface area contributed by atoms with Gasteiger partial charge >= 0.3 is 12.1 Å². The van der Waals surface area contributed by atoms with Gasteiger partial charge in [0, 0.05) is 30.1 Å². The Morgan fingerprint density at radius 3 is 2.70 bits per heavy atom. The highest BCUT2D eigenvalue weighted by Crippen LogP contribution is 2.39. The Morgan fingerprint density at radius 2 is 1.94 bits per heavy atom. The highest BCUT2D eigenvalue weighted by atomic mass is 16.5. The van der Waals surface area contributed by atoms with Crippen molar-refractivity contribution in [2.75, 3.05) is 11.9 Å². The molecule has 0 radical (unpaired) electrons. The van der Waals surface area contributed by atoms with Gasteiger partial charge in [0.15, 0.2) is 16.9 Å². The monoisotopic (exact) mass is 446 g/mol. The number of aromatic hydroxyl groups is 1. The number of carbonyl (C=O) groups excluding carboxylic acids is 2. The average Bonchev–Trinajstić information content (AvgIpc) is 2.81. The highest BCUT2D eigenvalue weighted by molar-refractivity contribution is 5.94. The van der Waals surface area contributed by atoms with Crippen LogP contribution in [-0.2, 0) is 4.74 Å². The van der Waals surface area contributed by atoms with Crippen LogP contribution in [0.4, 0.5) is 10.5 Å². The van der Waals surface area contributed by atoms with Crippen LogP contribution in [-0.4, -0.2) is 28.8 Å². The lowest BCUT2D eigenvalue weighted by molar-refractivity contribution is 0.0729. The maximum Gasteiger partial charge on any atom is 0.411 e. The van der Waals surface area contributed by atoms with Gasteiger partial charge in [-0.3, -0.25) is 15.1 Å². The van der Waals surface area contributed by atoms with Crippen LogP contribution in [0.25, 0.3) is 22.3 Å². The fourth-order valence-electron chi connectivity index (χ4n) is 3.11. The van der Waals surface area contributed by atoms with Gasteiger partial charge in [-0.2, -0.15) is 0 Å². The van der Waals surface area contributed by atoms with E-state index < -0.39 is 17.8 Å². The Labute approximate surface area is 187 Å². The number of rotatable bonds is 5. The molecule has 1 amide bonds. The second kappa shape index (κ2) is 9.23. The highest BCUT2D eigenvalue weighted by Gasteiger charge is 2.20. The standard InChI is InChI=1S/C24H18N2O7/c1-2-31-24(30)26-17-11-22(33-23(29)14-6-5-9-25-13-14)19(28)10-16(17)21-12-18(27)15-7-3-4-8-20(15)32-21/h3-13,28H,2H2,1H3,(H,26,30). The molecule has 0 aliphatic heterocycles. The lowest BCUT2D eigenvalue weighted by Crippen LogP contribution is -2.15. The molecular formula is C24H18N2O7. The summed E-state index contributed by atoms with van der Waals surface area (Å²) in [7, 11) is 0. The van der Waals surface area contributed by atoms with Crippen molar-refractivity contribution >= 4 is 28.7 Å². The van der Waals surface area contributed by atoms with Crippen molar-refractivity contribution in [2.45, 2.75) is 6.92 Å². The lowest BCUT2D eigenvalue weighted by Gasteiger charge is -2.14. The number of para-hydroxylation sites is 1. The summed E-state index contributed by atoms with van der Waals surface area (Å²) in [6.45, 7) is 1.76. The molecule has 0 saturated heterocycles. The van der Waals surface area contributed by atoms with Gasteiger partial charge in [0.2, 0.25) is 0 Å². The second-order valence-corrected chi connectivity index (χ2v) is 6.81. The number of carbonyl (C=O) groups is 2. The number of phenols is 1. The first-order valence-electron chi connectivity index (χ1n) is 9.92. The summed E-state index contributed by atoms with van der Waals surface area (Å²) in [4.78, 5) is 40.9. The van der Waals surface area contributed by atoms with Gasteiger partial charge in [-0.15, -0.1) is 0 Å². The van der Waals surface area contributed by atoms with Gasteiger partial charge in [0.05, 0.1) is 23.2 Å². The van der Waals surface area contributed by atoms with Gasteiger partial charge in [-0.05, 0) is 37.3 Å². The number of aromatic nitrogens is 1. The minimum absolute atomic E-state index is 0.0888. The van der Waals surface area contributed by atoms with Crippen molar-refractivity contribution in [2.24, 2.45) is 0 Å². The van der Waals surface area contributed by atoms with Crippen molar-refractivity contribution in [3.8, 4) is 22.8 Å². The first-order valence-corrected chi connectivity index (χ1v) is 9.92. The Bertz CT molecular complexity index is 1400. The van der Waals surface area contributed by atoms with Gasteiger partial charge < -0.3 is 19.0 Å². The SMILES string of the molecule is CCOC(=O)Nc1cc(OC(=O)c2cccnc2)c(O)cc1-c1cc(=O)c2ccccc2o1. The van der Waals surface area contributed by atoms with Gasteiger partial charge in [0.25, 0.3) is 0 Å². The predicted molar refractivity (Wildman–Crippen MR) is 119 cm³/mol. The molecule has 0 aliphatic carbocycles. The largest absolute Gasteiger partial charge is 0.504 e. The third-order valence-corrected chi connectivity index (χ3v) is 4.61. The normalized spacial score (nSPS) is 10.6. The van der Waals surface area contributed by atoms with Gasteiger partial charge in [-0.25, -0.2) is 9.59 Å². The number of fused-ring (bicyclic) bond motifs is 1. The van der Waals surface area contributed by atoms with Crippen molar-refractivity contribution in [3.05, 3.63) is 82.8 Å². The molecule has 166 valence electrons. The fourth-order valence-corrected chi connectivity index (χ4v) is 3.11. The number of hydrogen-bond acceptors (Lipinski definition) is 8. The summed E-state index contributed by atoms with van der Waals surface area (Å²) in [5, 5.41) is 13.4. The summed E-state index contributed by atoms with van der Waals surface area (Å²) < 4.78 is 16.1. The molecule has 0 saturated carbocycles.